The van der Waals surface area contributed by atoms with Crippen LogP contribution in [0, 0.1) is 0 Å². The van der Waals surface area contributed by atoms with Crippen LogP contribution in [0.3, 0.4) is 0 Å². The van der Waals surface area contributed by atoms with Crippen LogP contribution >= 0.6 is 0 Å². The zero-order valence-electron chi connectivity index (χ0n) is 9.86. The summed E-state index contributed by atoms with van der Waals surface area (Å²) in [5.74, 6) is -0.0117. The molecule has 0 unspecified atom stereocenters. The largest absolute Gasteiger partial charge is 0.481 e. The number of carboxylic acid groups (broad SMARTS) is 1. The Hall–Kier alpha value is -1.31. The second kappa shape index (κ2) is 3.93. The van der Waals surface area contributed by atoms with E-state index in [0.29, 0.717) is 0 Å². The molecule has 0 spiro atoms. The van der Waals surface area contributed by atoms with E-state index in [1.807, 2.05) is 26.0 Å². The lowest BCUT2D eigenvalue weighted by Gasteiger charge is -2.23. The zero-order valence-corrected chi connectivity index (χ0v) is 9.86. The molecule has 1 aromatic carbocycles. The molecule has 1 N–H and O–H groups in total. The molecule has 2 nitrogen and oxygen atoms in total. The Morgan fingerprint density at radius 3 is 2.69 bits per heavy atom. The second-order valence-corrected chi connectivity index (χ2v) is 5.35. The van der Waals surface area contributed by atoms with Crippen LogP contribution in [0.4, 0.5) is 0 Å². The van der Waals surface area contributed by atoms with Crippen molar-refractivity contribution in [3.8, 4) is 0 Å². The predicted octanol–water partition coefficient (Wildman–Crippen LogP) is 3.32. The summed E-state index contributed by atoms with van der Waals surface area (Å²) in [6.07, 6.45) is 2.74. The Balaban J connectivity index is 2.24. The standard InChI is InChI=1S/C14H18O2/c1-14(2,9-13(15)16)12-5-3-4-11(8-12)10-6-7-10/h3-5,8,10H,6-7,9H2,1-2H3,(H,15,16). The van der Waals surface area contributed by atoms with Crippen LogP contribution in [-0.2, 0) is 10.2 Å². The Bertz CT molecular complexity index is 403. The first-order chi connectivity index (χ1) is 7.49. The Morgan fingerprint density at radius 2 is 2.12 bits per heavy atom. The van der Waals surface area contributed by atoms with Gasteiger partial charge in [-0.25, -0.2) is 0 Å². The van der Waals surface area contributed by atoms with Gasteiger partial charge in [-0.1, -0.05) is 38.1 Å². The van der Waals surface area contributed by atoms with Gasteiger partial charge in [0.05, 0.1) is 6.42 Å². The summed E-state index contributed by atoms with van der Waals surface area (Å²) in [4.78, 5) is 10.8. The van der Waals surface area contributed by atoms with Crippen LogP contribution < -0.4 is 0 Å². The van der Waals surface area contributed by atoms with Crippen molar-refractivity contribution in [1.82, 2.24) is 0 Å². The van der Waals surface area contributed by atoms with Gasteiger partial charge in [0, 0.05) is 5.41 Å². The maximum Gasteiger partial charge on any atom is 0.304 e. The molecule has 0 amide bonds. The molecular formula is C14H18O2. The monoisotopic (exact) mass is 218 g/mol. The van der Waals surface area contributed by atoms with Crippen molar-refractivity contribution in [3.05, 3.63) is 35.4 Å². The Labute approximate surface area is 96.3 Å². The summed E-state index contributed by atoms with van der Waals surface area (Å²) in [6, 6.07) is 8.42. The third-order valence-electron chi connectivity index (χ3n) is 3.31. The van der Waals surface area contributed by atoms with E-state index >= 15 is 0 Å². The van der Waals surface area contributed by atoms with Crippen molar-refractivity contribution in [2.45, 2.75) is 44.4 Å². The van der Waals surface area contributed by atoms with Crippen molar-refractivity contribution in [2.75, 3.05) is 0 Å². The van der Waals surface area contributed by atoms with Crippen LogP contribution in [0.2, 0.25) is 0 Å². The van der Waals surface area contributed by atoms with E-state index in [1.54, 1.807) is 0 Å². The highest BCUT2D eigenvalue weighted by atomic mass is 16.4. The number of benzene rings is 1. The summed E-state index contributed by atoms with van der Waals surface area (Å²) >= 11 is 0. The van der Waals surface area contributed by atoms with Crippen LogP contribution in [0.5, 0.6) is 0 Å². The van der Waals surface area contributed by atoms with E-state index in [2.05, 4.69) is 12.1 Å². The fourth-order valence-corrected chi connectivity index (χ4v) is 2.11. The molecule has 1 fully saturated rings. The van der Waals surface area contributed by atoms with Gasteiger partial charge in [-0.15, -0.1) is 0 Å². The molecule has 2 heteroatoms. The Morgan fingerprint density at radius 1 is 1.44 bits per heavy atom. The van der Waals surface area contributed by atoms with Gasteiger partial charge in [0.25, 0.3) is 0 Å². The summed E-state index contributed by atoms with van der Waals surface area (Å²) < 4.78 is 0. The molecule has 1 saturated carbocycles. The van der Waals surface area contributed by atoms with Gasteiger partial charge in [-0.05, 0) is 29.9 Å². The third-order valence-corrected chi connectivity index (χ3v) is 3.31. The number of carboxylic acids is 1. The van der Waals surface area contributed by atoms with E-state index in [9.17, 15) is 4.79 Å². The van der Waals surface area contributed by atoms with Crippen molar-refractivity contribution in [1.29, 1.82) is 0 Å². The normalized spacial score (nSPS) is 16.1. The topological polar surface area (TPSA) is 37.3 Å². The van der Waals surface area contributed by atoms with Crippen LogP contribution in [0.15, 0.2) is 24.3 Å². The molecule has 0 atom stereocenters. The molecule has 2 rings (SSSR count). The molecule has 0 aromatic heterocycles. The first kappa shape index (κ1) is 11.2. The quantitative estimate of drug-likeness (QED) is 0.841. The van der Waals surface area contributed by atoms with Crippen LogP contribution in [0.25, 0.3) is 0 Å². The second-order valence-electron chi connectivity index (χ2n) is 5.35. The predicted molar refractivity (Wildman–Crippen MR) is 63.7 cm³/mol. The minimum absolute atomic E-state index is 0.182. The fourth-order valence-electron chi connectivity index (χ4n) is 2.11. The lowest BCUT2D eigenvalue weighted by atomic mass is 9.81. The van der Waals surface area contributed by atoms with Crippen LogP contribution in [0.1, 0.15) is 50.2 Å². The third kappa shape index (κ3) is 2.43. The van der Waals surface area contributed by atoms with Gasteiger partial charge in [-0.2, -0.15) is 0 Å². The summed E-state index contributed by atoms with van der Waals surface area (Å²) in [7, 11) is 0. The van der Waals surface area contributed by atoms with E-state index in [-0.39, 0.29) is 11.8 Å². The van der Waals surface area contributed by atoms with Gasteiger partial charge in [-0.3, -0.25) is 4.79 Å². The van der Waals surface area contributed by atoms with Crippen molar-refractivity contribution in [3.63, 3.8) is 0 Å². The minimum Gasteiger partial charge on any atom is -0.481 e. The van der Waals surface area contributed by atoms with E-state index in [4.69, 9.17) is 5.11 Å². The van der Waals surface area contributed by atoms with Gasteiger partial charge >= 0.3 is 5.97 Å². The highest BCUT2D eigenvalue weighted by Crippen LogP contribution is 2.41. The molecule has 1 aromatic rings. The maximum atomic E-state index is 10.8. The average Bonchev–Trinajstić information content (AvgIpc) is 2.99. The lowest BCUT2D eigenvalue weighted by molar-refractivity contribution is -0.138. The molecule has 0 aliphatic heterocycles. The first-order valence-electron chi connectivity index (χ1n) is 5.81. The number of carbonyl (C=O) groups is 1. The number of hydrogen-bond donors (Lipinski definition) is 1. The maximum absolute atomic E-state index is 10.8. The Kier molecular flexibility index (Phi) is 2.75. The van der Waals surface area contributed by atoms with E-state index < -0.39 is 5.97 Å². The highest BCUT2D eigenvalue weighted by molar-refractivity contribution is 5.68. The van der Waals surface area contributed by atoms with Crippen molar-refractivity contribution in [2.24, 2.45) is 0 Å². The zero-order chi connectivity index (χ0) is 11.8. The number of hydrogen-bond acceptors (Lipinski definition) is 1. The molecule has 0 saturated heterocycles. The lowest BCUT2D eigenvalue weighted by Crippen LogP contribution is -2.21. The highest BCUT2D eigenvalue weighted by Gasteiger charge is 2.27. The molecule has 1 aliphatic carbocycles. The fraction of sp³-hybridized carbons (Fsp3) is 0.500. The molecule has 1 aliphatic rings. The van der Waals surface area contributed by atoms with Gasteiger partial charge in [0.15, 0.2) is 0 Å². The summed E-state index contributed by atoms with van der Waals surface area (Å²) in [5, 5.41) is 8.90. The van der Waals surface area contributed by atoms with Gasteiger partial charge in [0.2, 0.25) is 0 Å². The molecule has 86 valence electrons. The van der Waals surface area contributed by atoms with Crippen LogP contribution in [-0.4, -0.2) is 11.1 Å². The van der Waals surface area contributed by atoms with Gasteiger partial charge < -0.3 is 5.11 Å². The molecule has 0 bridgehead atoms. The molecule has 0 radical (unpaired) electrons. The SMILES string of the molecule is CC(C)(CC(=O)O)c1cccc(C2CC2)c1. The summed E-state index contributed by atoms with van der Waals surface area (Å²) in [6.45, 7) is 3.99. The number of rotatable bonds is 4. The van der Waals surface area contributed by atoms with Gasteiger partial charge in [0.1, 0.15) is 0 Å². The summed E-state index contributed by atoms with van der Waals surface area (Å²) in [5.41, 5.74) is 2.23. The molecular weight excluding hydrogens is 200 g/mol. The number of aliphatic carboxylic acids is 1. The van der Waals surface area contributed by atoms with Crippen molar-refractivity contribution < 1.29 is 9.90 Å². The smallest absolute Gasteiger partial charge is 0.304 e. The molecule has 0 heterocycles. The average molecular weight is 218 g/mol. The molecule has 16 heavy (non-hydrogen) atoms. The van der Waals surface area contributed by atoms with Crippen molar-refractivity contribution >= 4 is 5.97 Å². The van der Waals surface area contributed by atoms with E-state index in [0.717, 1.165) is 11.5 Å². The van der Waals surface area contributed by atoms with E-state index in [1.165, 1.54) is 18.4 Å². The first-order valence-corrected chi connectivity index (χ1v) is 5.81. The minimum atomic E-state index is -0.734.